The Labute approximate surface area is 603 Å². The average Bonchev–Trinajstić information content (AvgIpc) is 3.61. The van der Waals surface area contributed by atoms with Crippen LogP contribution in [0, 0.1) is 0 Å². The van der Waals surface area contributed by atoms with Crippen molar-refractivity contribution in [3.8, 4) is 0 Å². The average molecular weight is 1330 g/mol. The van der Waals surface area contributed by atoms with Gasteiger partial charge in [0, 0.05) is 6.08 Å². The van der Waals surface area contributed by atoms with Crippen LogP contribution >= 0.6 is 0 Å². The van der Waals surface area contributed by atoms with E-state index >= 15 is 0 Å². The van der Waals surface area contributed by atoms with Crippen molar-refractivity contribution in [1.82, 2.24) is 0 Å². The molecule has 0 saturated heterocycles. The molecule has 2 heteroatoms. The van der Waals surface area contributed by atoms with E-state index < -0.39 is 0 Å². The summed E-state index contributed by atoms with van der Waals surface area (Å²) in [5.74, 6) is -0.293. The second-order valence-electron chi connectivity index (χ2n) is 32.1. The van der Waals surface area contributed by atoms with Gasteiger partial charge in [0.2, 0.25) is 0 Å². The SMILES string of the molecule is C=CC(=O)OCCCCCCCCCCCCCCCCCCCCCCCCCCCCCCCCCCCCCCCCCCCCCCCCCCCCCCCCCCCCCCCCCCCCCCCCCCCCCCCCCCCCCCCCCC. The molecule has 0 rings (SSSR count). The summed E-state index contributed by atoms with van der Waals surface area (Å²) in [7, 11) is 0. The van der Waals surface area contributed by atoms with Gasteiger partial charge in [-0.25, -0.2) is 4.79 Å². The second-order valence-corrected chi connectivity index (χ2v) is 32.1. The third-order valence-electron chi connectivity index (χ3n) is 22.4. The van der Waals surface area contributed by atoms with Gasteiger partial charge in [0.15, 0.2) is 0 Å². The monoisotopic (exact) mass is 1330 g/mol. The molecular formula is C93H184O2. The minimum Gasteiger partial charge on any atom is -0.463 e. The molecule has 568 valence electrons. The predicted molar refractivity (Wildman–Crippen MR) is 433 cm³/mol. The Hall–Kier alpha value is -0.790. The molecular weight excluding hydrogens is 1150 g/mol. The van der Waals surface area contributed by atoms with Crippen LogP contribution in [0.25, 0.3) is 0 Å². The largest absolute Gasteiger partial charge is 0.463 e. The molecule has 0 N–H and O–H groups in total. The zero-order valence-corrected chi connectivity index (χ0v) is 66.5. The number of ether oxygens (including phenoxy) is 1. The van der Waals surface area contributed by atoms with Crippen molar-refractivity contribution in [2.75, 3.05) is 6.61 Å². The fourth-order valence-electron chi connectivity index (χ4n) is 15.6. The molecule has 0 unspecified atom stereocenters. The topological polar surface area (TPSA) is 26.3 Å². The first-order valence-electron chi connectivity index (χ1n) is 46.1. The molecule has 0 aliphatic heterocycles. The van der Waals surface area contributed by atoms with Gasteiger partial charge in [-0.15, -0.1) is 0 Å². The van der Waals surface area contributed by atoms with Crippen molar-refractivity contribution < 1.29 is 9.53 Å². The van der Waals surface area contributed by atoms with Crippen LogP contribution in [0.5, 0.6) is 0 Å². The van der Waals surface area contributed by atoms with E-state index in [1.165, 1.54) is 565 Å². The molecule has 0 amide bonds. The van der Waals surface area contributed by atoms with Crippen molar-refractivity contribution in [3.05, 3.63) is 12.7 Å². The van der Waals surface area contributed by atoms with Crippen molar-refractivity contribution >= 4 is 5.97 Å². The molecule has 0 fully saturated rings. The van der Waals surface area contributed by atoms with E-state index in [9.17, 15) is 4.79 Å². The Balaban J connectivity index is 3.09. The van der Waals surface area contributed by atoms with E-state index in [2.05, 4.69) is 13.5 Å². The summed E-state index contributed by atoms with van der Waals surface area (Å²) in [6.07, 6.45) is 131. The molecule has 0 saturated carbocycles. The van der Waals surface area contributed by atoms with Crippen molar-refractivity contribution in [2.45, 2.75) is 572 Å². The smallest absolute Gasteiger partial charge is 0.330 e. The first kappa shape index (κ1) is 94.2. The van der Waals surface area contributed by atoms with Crippen LogP contribution in [0.4, 0.5) is 0 Å². The van der Waals surface area contributed by atoms with E-state index in [4.69, 9.17) is 4.74 Å². The lowest BCUT2D eigenvalue weighted by atomic mass is 10.0. The van der Waals surface area contributed by atoms with Crippen LogP contribution in [0.3, 0.4) is 0 Å². The van der Waals surface area contributed by atoms with Gasteiger partial charge in [-0.1, -0.05) is 572 Å². The van der Waals surface area contributed by atoms with Crippen molar-refractivity contribution in [3.63, 3.8) is 0 Å². The molecule has 0 aliphatic rings. The molecule has 0 bridgehead atoms. The molecule has 0 heterocycles. The first-order chi connectivity index (χ1) is 47.3. The lowest BCUT2D eigenvalue weighted by Crippen LogP contribution is -2.01. The Morgan fingerprint density at radius 1 is 0.168 bits per heavy atom. The standard InChI is InChI=1S/C93H184O2/c1-3-5-6-7-8-9-10-11-12-13-14-15-16-17-18-19-20-21-22-23-24-25-26-27-28-29-30-31-32-33-34-35-36-37-38-39-40-41-42-43-44-45-46-47-48-49-50-51-52-53-54-55-56-57-58-59-60-61-62-63-64-65-66-67-68-69-70-71-72-73-74-75-76-77-78-79-80-81-82-83-84-85-86-87-88-89-90-91-92-95-93(94)4-2/h4H,2-3,5-92H2,1H3. The summed E-state index contributed by atoms with van der Waals surface area (Å²) in [6, 6.07) is 0. The number of carbonyl (C=O) groups is 1. The zero-order valence-electron chi connectivity index (χ0n) is 66.5. The van der Waals surface area contributed by atoms with Crippen LogP contribution in [0.15, 0.2) is 12.7 Å². The van der Waals surface area contributed by atoms with Crippen molar-refractivity contribution in [1.29, 1.82) is 0 Å². The minimum absolute atomic E-state index is 0.293. The van der Waals surface area contributed by atoms with Crippen LogP contribution in [-0.4, -0.2) is 12.6 Å². The van der Waals surface area contributed by atoms with Crippen LogP contribution in [0.2, 0.25) is 0 Å². The van der Waals surface area contributed by atoms with E-state index in [-0.39, 0.29) is 5.97 Å². The minimum atomic E-state index is -0.293. The second kappa shape index (κ2) is 91.2. The number of esters is 1. The van der Waals surface area contributed by atoms with Gasteiger partial charge in [0.25, 0.3) is 0 Å². The van der Waals surface area contributed by atoms with Gasteiger partial charge in [0.05, 0.1) is 6.61 Å². The molecule has 0 aromatic rings. The Bertz CT molecular complexity index is 1320. The Morgan fingerprint density at radius 3 is 0.337 bits per heavy atom. The highest BCUT2D eigenvalue weighted by Gasteiger charge is 2.04. The molecule has 0 radical (unpaired) electrons. The molecule has 0 atom stereocenters. The van der Waals surface area contributed by atoms with Gasteiger partial charge in [-0.2, -0.15) is 0 Å². The zero-order chi connectivity index (χ0) is 67.9. The maximum Gasteiger partial charge on any atom is 0.330 e. The summed E-state index contributed by atoms with van der Waals surface area (Å²) >= 11 is 0. The normalized spacial score (nSPS) is 11.7. The van der Waals surface area contributed by atoms with E-state index in [1.54, 1.807) is 0 Å². The molecule has 0 aliphatic carbocycles. The van der Waals surface area contributed by atoms with Crippen molar-refractivity contribution in [2.24, 2.45) is 0 Å². The first-order valence-corrected chi connectivity index (χ1v) is 46.1. The quantitative estimate of drug-likeness (QED) is 0.0345. The lowest BCUT2D eigenvalue weighted by Gasteiger charge is -2.05. The summed E-state index contributed by atoms with van der Waals surface area (Å²) in [4.78, 5) is 11.0. The van der Waals surface area contributed by atoms with E-state index in [0.717, 1.165) is 6.42 Å². The third-order valence-corrected chi connectivity index (χ3v) is 22.4. The highest BCUT2D eigenvalue weighted by molar-refractivity contribution is 5.81. The Morgan fingerprint density at radius 2 is 0.253 bits per heavy atom. The maximum atomic E-state index is 11.0. The highest BCUT2D eigenvalue weighted by Crippen LogP contribution is 2.23. The van der Waals surface area contributed by atoms with E-state index in [0.29, 0.717) is 6.61 Å². The van der Waals surface area contributed by atoms with Gasteiger partial charge in [0.1, 0.15) is 0 Å². The van der Waals surface area contributed by atoms with Gasteiger partial charge in [-0.3, -0.25) is 0 Å². The fourth-order valence-corrected chi connectivity index (χ4v) is 15.6. The number of carbonyl (C=O) groups excluding carboxylic acids is 1. The Kier molecular flexibility index (Phi) is 90.5. The number of rotatable bonds is 90. The van der Waals surface area contributed by atoms with Gasteiger partial charge in [-0.05, 0) is 6.42 Å². The molecule has 2 nitrogen and oxygen atoms in total. The van der Waals surface area contributed by atoms with Crippen LogP contribution < -0.4 is 0 Å². The molecule has 0 spiro atoms. The maximum absolute atomic E-state index is 11.0. The summed E-state index contributed by atoms with van der Waals surface area (Å²) in [5, 5.41) is 0. The fraction of sp³-hybridized carbons (Fsp3) is 0.968. The molecule has 0 aromatic heterocycles. The molecule has 0 aromatic carbocycles. The van der Waals surface area contributed by atoms with Crippen LogP contribution in [0.1, 0.15) is 572 Å². The van der Waals surface area contributed by atoms with Gasteiger partial charge < -0.3 is 4.74 Å². The third kappa shape index (κ3) is 91.2. The van der Waals surface area contributed by atoms with E-state index in [1.807, 2.05) is 0 Å². The number of unbranched alkanes of at least 4 members (excludes halogenated alkanes) is 87. The lowest BCUT2D eigenvalue weighted by molar-refractivity contribution is -0.137. The molecule has 95 heavy (non-hydrogen) atoms. The van der Waals surface area contributed by atoms with Crippen LogP contribution in [-0.2, 0) is 9.53 Å². The number of hydrogen-bond donors (Lipinski definition) is 0. The number of hydrogen-bond acceptors (Lipinski definition) is 2. The summed E-state index contributed by atoms with van der Waals surface area (Å²) < 4.78 is 5.04. The predicted octanol–water partition coefficient (Wildman–Crippen LogP) is 35.1. The highest BCUT2D eigenvalue weighted by atomic mass is 16.5. The summed E-state index contributed by atoms with van der Waals surface area (Å²) in [5.41, 5.74) is 0. The summed E-state index contributed by atoms with van der Waals surface area (Å²) in [6.45, 7) is 6.30. The van der Waals surface area contributed by atoms with Gasteiger partial charge >= 0.3 is 5.97 Å².